The molecule has 0 aliphatic rings. The van der Waals surface area contributed by atoms with Crippen LogP contribution in [0.5, 0.6) is 0 Å². The summed E-state index contributed by atoms with van der Waals surface area (Å²) in [6.07, 6.45) is -1.70. The van der Waals surface area contributed by atoms with Gasteiger partial charge in [0.05, 0.1) is 12.8 Å². The van der Waals surface area contributed by atoms with Gasteiger partial charge in [0.2, 0.25) is 0 Å². The molecule has 0 bridgehead atoms. The zero-order chi connectivity index (χ0) is 13.6. The molecule has 9 nitrogen and oxygen atoms in total. The Hall–Kier alpha value is 1.84. The van der Waals surface area contributed by atoms with Gasteiger partial charge in [0.25, 0.3) is 0 Å². The van der Waals surface area contributed by atoms with Gasteiger partial charge >= 0.3 is 142 Å². The van der Waals surface area contributed by atoms with Gasteiger partial charge in [0, 0.05) is 0 Å². The fourth-order valence-electron chi connectivity index (χ4n) is 1.03. The van der Waals surface area contributed by atoms with Crippen molar-refractivity contribution in [2.45, 2.75) is 24.9 Å². The molecule has 0 aliphatic carbocycles. The molecule has 0 aromatic heterocycles. The first-order valence-electron chi connectivity index (χ1n) is 4.39. The number of carboxylic acid groups (broad SMARTS) is 4. The van der Waals surface area contributed by atoms with Gasteiger partial charge < -0.3 is 20.4 Å². The van der Waals surface area contributed by atoms with Crippen molar-refractivity contribution in [3.8, 4) is 0 Å². The third-order valence-corrected chi connectivity index (χ3v) is 1.76. The number of hydrogen-bond acceptors (Lipinski definition) is 5. The van der Waals surface area contributed by atoms with Crippen LogP contribution >= 0.6 is 0 Å². The molecule has 0 heterocycles. The van der Waals surface area contributed by atoms with E-state index < -0.39 is 48.8 Å². The number of nitrogens with one attached hydrogen (secondary N) is 1. The van der Waals surface area contributed by atoms with Crippen molar-refractivity contribution in [3.63, 3.8) is 0 Å². The molecule has 0 saturated carbocycles. The van der Waals surface area contributed by atoms with Gasteiger partial charge in [-0.2, -0.15) is 0 Å². The predicted octanol–water partition coefficient (Wildman–Crippen LogP) is -13.6. The van der Waals surface area contributed by atoms with Crippen molar-refractivity contribution in [2.75, 3.05) is 0 Å². The topological polar surface area (TPSA) is 161 Å². The van der Waals surface area contributed by atoms with Crippen LogP contribution < -0.4 is 124 Å². The molecule has 0 saturated heterocycles. The Morgan fingerprint density at radius 2 is 0.905 bits per heavy atom. The summed E-state index contributed by atoms with van der Waals surface area (Å²) >= 11 is 0. The number of rotatable bonds is 8. The summed E-state index contributed by atoms with van der Waals surface area (Å²) in [6, 6.07) is -3.32. The molecule has 0 amide bonds. The number of hydrogen-bond donors (Lipinski definition) is 5. The monoisotopic (exact) mass is 341 g/mol. The minimum absolute atomic E-state index is 0. The van der Waals surface area contributed by atoms with Crippen LogP contribution in [-0.2, 0) is 19.2 Å². The maximum Gasteiger partial charge on any atom is 1.00 e. The fraction of sp³-hybridized carbons (Fsp3) is 0.500. The van der Waals surface area contributed by atoms with Crippen molar-refractivity contribution in [3.05, 3.63) is 0 Å². The van der Waals surface area contributed by atoms with Crippen LogP contribution in [0.2, 0.25) is 0 Å². The van der Waals surface area contributed by atoms with Gasteiger partial charge in [0.15, 0.2) is 0 Å². The molecular weight excluding hydrogens is 330 g/mol. The zero-order valence-corrected chi connectivity index (χ0v) is 20.5. The third-order valence-electron chi connectivity index (χ3n) is 1.76. The smallest absolute Gasteiger partial charge is 0.481 e. The van der Waals surface area contributed by atoms with Crippen molar-refractivity contribution in [1.82, 2.24) is 5.32 Å². The second kappa shape index (κ2) is 18.2. The van der Waals surface area contributed by atoms with Gasteiger partial charge in [-0.25, -0.2) is 0 Å². The van der Waals surface area contributed by atoms with Crippen molar-refractivity contribution < 1.29 is 158 Å². The standard InChI is InChI=1S/C8H11NO8.4Na/c10-5(11)1-3(7(14)15)9-4(8(16)17)2-6(12)13;;;;/h3-4,9H,1-2H2,(H,10,11)(H,12,13)(H,14,15)(H,16,17);;;;/q;4*+1/t3-,4?;;;;/m0..../s1. The normalized spacial score (nSPS) is 11.0. The molecule has 0 spiro atoms. The van der Waals surface area contributed by atoms with E-state index in [0.717, 1.165) is 0 Å². The minimum atomic E-state index is -1.66. The Morgan fingerprint density at radius 1 is 0.667 bits per heavy atom. The molecule has 5 N–H and O–H groups in total. The van der Waals surface area contributed by atoms with Crippen molar-refractivity contribution >= 4 is 23.9 Å². The van der Waals surface area contributed by atoms with E-state index in [1.807, 2.05) is 5.32 Å². The summed E-state index contributed by atoms with van der Waals surface area (Å²) in [5.41, 5.74) is 0. The molecule has 21 heavy (non-hydrogen) atoms. The summed E-state index contributed by atoms with van der Waals surface area (Å²) < 4.78 is 0. The van der Waals surface area contributed by atoms with Crippen LogP contribution in [0, 0.1) is 0 Å². The Labute approximate surface area is 208 Å². The van der Waals surface area contributed by atoms with E-state index in [9.17, 15) is 19.2 Å². The Morgan fingerprint density at radius 3 is 1.05 bits per heavy atom. The molecule has 96 valence electrons. The second-order valence-electron chi connectivity index (χ2n) is 3.14. The largest absolute Gasteiger partial charge is 1.00 e. The first-order valence-corrected chi connectivity index (χ1v) is 4.39. The molecule has 0 aromatic rings. The van der Waals surface area contributed by atoms with Crippen LogP contribution in [0.4, 0.5) is 0 Å². The SMILES string of the molecule is O=C(O)CC(N[C@@H](CC(=O)O)C(=O)O)C(=O)O.[Na+].[Na+].[Na+].[Na+]. The van der Waals surface area contributed by atoms with E-state index in [1.165, 1.54) is 0 Å². The maximum atomic E-state index is 10.6. The van der Waals surface area contributed by atoms with E-state index >= 15 is 0 Å². The maximum absolute atomic E-state index is 10.6. The zero-order valence-electron chi connectivity index (χ0n) is 12.5. The minimum Gasteiger partial charge on any atom is -0.481 e. The summed E-state index contributed by atoms with van der Waals surface area (Å²) in [4.78, 5) is 41.9. The number of carboxylic acids is 4. The summed E-state index contributed by atoms with van der Waals surface area (Å²) in [5.74, 6) is -6.01. The quantitative estimate of drug-likeness (QED) is 0.270. The predicted molar refractivity (Wildman–Crippen MR) is 50.5 cm³/mol. The molecule has 1 unspecified atom stereocenters. The Kier molecular flexibility index (Phi) is 29.6. The van der Waals surface area contributed by atoms with Gasteiger partial charge in [0.1, 0.15) is 12.1 Å². The summed E-state index contributed by atoms with van der Waals surface area (Å²) in [7, 11) is 0. The first kappa shape index (κ1) is 34.2. The second-order valence-corrected chi connectivity index (χ2v) is 3.14. The van der Waals surface area contributed by atoms with E-state index in [1.54, 1.807) is 0 Å². The van der Waals surface area contributed by atoms with Crippen LogP contribution in [-0.4, -0.2) is 56.4 Å². The van der Waals surface area contributed by atoms with Crippen LogP contribution in [0.25, 0.3) is 0 Å². The van der Waals surface area contributed by atoms with E-state index in [2.05, 4.69) is 0 Å². The molecular formula is C8H11NNa4O8+4. The average molecular weight is 341 g/mol. The van der Waals surface area contributed by atoms with Crippen molar-refractivity contribution in [1.29, 1.82) is 0 Å². The Bertz CT molecular complexity index is 321. The van der Waals surface area contributed by atoms with Crippen molar-refractivity contribution in [2.24, 2.45) is 0 Å². The summed E-state index contributed by atoms with van der Waals surface area (Å²) in [5, 5.41) is 36.0. The third kappa shape index (κ3) is 18.0. The molecule has 0 radical (unpaired) electrons. The molecule has 13 heteroatoms. The first-order chi connectivity index (χ1) is 7.73. The fourth-order valence-corrected chi connectivity index (χ4v) is 1.03. The average Bonchev–Trinajstić information content (AvgIpc) is 2.13. The van der Waals surface area contributed by atoms with Gasteiger partial charge in [-0.3, -0.25) is 24.5 Å². The van der Waals surface area contributed by atoms with Gasteiger partial charge in [-0.1, -0.05) is 0 Å². The molecule has 0 rings (SSSR count). The molecule has 0 aromatic carbocycles. The van der Waals surface area contributed by atoms with Crippen LogP contribution in [0.1, 0.15) is 12.8 Å². The van der Waals surface area contributed by atoms with Crippen LogP contribution in [0.3, 0.4) is 0 Å². The van der Waals surface area contributed by atoms with Gasteiger partial charge in [-0.05, 0) is 0 Å². The van der Waals surface area contributed by atoms with E-state index in [4.69, 9.17) is 20.4 Å². The van der Waals surface area contributed by atoms with E-state index in [0.29, 0.717) is 0 Å². The van der Waals surface area contributed by atoms with E-state index in [-0.39, 0.29) is 118 Å². The molecule has 0 fully saturated rings. The Balaban J connectivity index is -0.000000213. The number of aliphatic carboxylic acids is 4. The molecule has 2 atom stereocenters. The number of carbonyl (C=O) groups is 4. The summed E-state index contributed by atoms with van der Waals surface area (Å²) in [6.45, 7) is 0. The van der Waals surface area contributed by atoms with Gasteiger partial charge in [-0.15, -0.1) is 0 Å². The van der Waals surface area contributed by atoms with Crippen LogP contribution in [0.15, 0.2) is 0 Å². The molecule has 0 aliphatic heterocycles.